The Hall–Kier alpha value is -2.58. The molecule has 24 heavy (non-hydrogen) atoms. The smallest absolute Gasteiger partial charge is 0.275 e. The Kier molecular flexibility index (Phi) is 4.68. The molecule has 0 aliphatic carbocycles. The largest absolute Gasteiger partial charge is 0.389 e. The molecule has 3 rings (SSSR count). The van der Waals surface area contributed by atoms with Gasteiger partial charge in [-0.15, -0.1) is 0 Å². The van der Waals surface area contributed by atoms with Gasteiger partial charge in [0.05, 0.1) is 25.9 Å². The SMILES string of the molecule is Cc1cc(=O)n2ncnc2n1C[C@@H](O)COCc1ccccc1F. The summed E-state index contributed by atoms with van der Waals surface area (Å²) >= 11 is 0. The van der Waals surface area contributed by atoms with Crippen LogP contribution in [0.2, 0.25) is 0 Å². The van der Waals surface area contributed by atoms with Gasteiger partial charge in [-0.3, -0.25) is 4.79 Å². The summed E-state index contributed by atoms with van der Waals surface area (Å²) in [6.45, 7) is 2.04. The summed E-state index contributed by atoms with van der Waals surface area (Å²) in [5, 5.41) is 14.0. The van der Waals surface area contributed by atoms with E-state index in [2.05, 4.69) is 10.1 Å². The van der Waals surface area contributed by atoms with E-state index in [1.165, 1.54) is 23.0 Å². The number of aliphatic hydroxyl groups excluding tert-OH is 1. The number of rotatable bonds is 6. The van der Waals surface area contributed by atoms with Crippen LogP contribution in [0.3, 0.4) is 0 Å². The van der Waals surface area contributed by atoms with Gasteiger partial charge < -0.3 is 14.4 Å². The summed E-state index contributed by atoms with van der Waals surface area (Å²) in [6.07, 6.45) is 0.451. The molecule has 0 aliphatic heterocycles. The average molecular weight is 332 g/mol. The molecule has 7 nitrogen and oxygen atoms in total. The van der Waals surface area contributed by atoms with Crippen LogP contribution >= 0.6 is 0 Å². The topological polar surface area (TPSA) is 81.7 Å². The van der Waals surface area contributed by atoms with E-state index in [9.17, 15) is 14.3 Å². The number of halogens is 1. The van der Waals surface area contributed by atoms with Crippen LogP contribution in [0, 0.1) is 12.7 Å². The molecule has 3 aromatic rings. The molecule has 0 aliphatic rings. The number of hydrogen-bond acceptors (Lipinski definition) is 5. The van der Waals surface area contributed by atoms with Crippen molar-refractivity contribution in [1.29, 1.82) is 0 Å². The second-order valence-corrected chi connectivity index (χ2v) is 5.47. The Labute approximate surface area is 137 Å². The minimum absolute atomic E-state index is 0.0280. The molecule has 0 fully saturated rings. The van der Waals surface area contributed by atoms with Crippen LogP contribution in [0.4, 0.5) is 4.39 Å². The van der Waals surface area contributed by atoms with E-state index in [-0.39, 0.29) is 31.1 Å². The van der Waals surface area contributed by atoms with Crippen molar-refractivity contribution < 1.29 is 14.2 Å². The maximum atomic E-state index is 13.5. The fourth-order valence-electron chi connectivity index (χ4n) is 2.46. The standard InChI is InChI=1S/C16H17FN4O3/c1-11-6-15(23)21-16(18-10-19-21)20(11)7-13(22)9-24-8-12-4-2-3-5-14(12)17/h2-6,10,13,22H,7-9H2,1H3/t13-/m1/s1. The second-order valence-electron chi connectivity index (χ2n) is 5.47. The van der Waals surface area contributed by atoms with Crippen molar-refractivity contribution in [1.82, 2.24) is 19.2 Å². The highest BCUT2D eigenvalue weighted by molar-refractivity contribution is 5.29. The quantitative estimate of drug-likeness (QED) is 0.726. The summed E-state index contributed by atoms with van der Waals surface area (Å²) in [4.78, 5) is 15.8. The molecule has 0 amide bonds. The monoisotopic (exact) mass is 332 g/mol. The fraction of sp³-hybridized carbons (Fsp3) is 0.312. The van der Waals surface area contributed by atoms with E-state index in [1.807, 2.05) is 0 Å². The molecule has 8 heteroatoms. The van der Waals surface area contributed by atoms with Crippen LogP contribution in [0.5, 0.6) is 0 Å². The zero-order chi connectivity index (χ0) is 17.1. The van der Waals surface area contributed by atoms with Crippen LogP contribution in [0.25, 0.3) is 5.78 Å². The van der Waals surface area contributed by atoms with Crippen molar-refractivity contribution in [3.63, 3.8) is 0 Å². The average Bonchev–Trinajstić information content (AvgIpc) is 3.03. The van der Waals surface area contributed by atoms with E-state index < -0.39 is 6.10 Å². The molecule has 0 spiro atoms. The first-order valence-corrected chi connectivity index (χ1v) is 7.45. The lowest BCUT2D eigenvalue weighted by Crippen LogP contribution is -2.27. The number of aryl methyl sites for hydroxylation is 1. The van der Waals surface area contributed by atoms with E-state index in [0.29, 0.717) is 17.0 Å². The van der Waals surface area contributed by atoms with Crippen molar-refractivity contribution in [3.8, 4) is 0 Å². The third kappa shape index (κ3) is 3.34. The fourth-order valence-corrected chi connectivity index (χ4v) is 2.46. The molecule has 0 bridgehead atoms. The zero-order valence-electron chi connectivity index (χ0n) is 13.1. The normalized spacial score (nSPS) is 12.6. The van der Waals surface area contributed by atoms with Crippen molar-refractivity contribution in [2.75, 3.05) is 6.61 Å². The molecule has 0 radical (unpaired) electrons. The van der Waals surface area contributed by atoms with Crippen LogP contribution in [0.15, 0.2) is 41.5 Å². The van der Waals surface area contributed by atoms with Gasteiger partial charge in [0.15, 0.2) is 0 Å². The van der Waals surface area contributed by atoms with E-state index >= 15 is 0 Å². The minimum Gasteiger partial charge on any atom is -0.389 e. The summed E-state index contributed by atoms with van der Waals surface area (Å²) in [6, 6.07) is 7.75. The molecule has 1 aromatic carbocycles. The van der Waals surface area contributed by atoms with Crippen LogP contribution in [-0.2, 0) is 17.9 Å². The highest BCUT2D eigenvalue weighted by Gasteiger charge is 2.13. The Morgan fingerprint density at radius 2 is 2.17 bits per heavy atom. The number of aliphatic hydroxyl groups is 1. The third-order valence-corrected chi connectivity index (χ3v) is 3.66. The first-order valence-electron chi connectivity index (χ1n) is 7.45. The molecule has 0 saturated carbocycles. The van der Waals surface area contributed by atoms with Gasteiger partial charge in [-0.2, -0.15) is 14.6 Å². The van der Waals surface area contributed by atoms with Crippen molar-refractivity contribution in [3.05, 3.63) is 64.1 Å². The molecule has 2 aromatic heterocycles. The molecule has 2 heterocycles. The van der Waals surface area contributed by atoms with E-state index in [0.717, 1.165) is 0 Å². The predicted octanol–water partition coefficient (Wildman–Crippen LogP) is 0.916. The Morgan fingerprint density at radius 3 is 2.96 bits per heavy atom. The highest BCUT2D eigenvalue weighted by Crippen LogP contribution is 2.09. The molecular weight excluding hydrogens is 315 g/mol. The Balaban J connectivity index is 1.65. The van der Waals surface area contributed by atoms with Gasteiger partial charge in [0, 0.05) is 17.3 Å². The Bertz CT molecular complexity index is 906. The van der Waals surface area contributed by atoms with Crippen molar-refractivity contribution in [2.45, 2.75) is 26.2 Å². The number of aromatic nitrogens is 4. The van der Waals surface area contributed by atoms with Crippen molar-refractivity contribution >= 4 is 5.78 Å². The third-order valence-electron chi connectivity index (χ3n) is 3.66. The first kappa shape index (κ1) is 16.3. The van der Waals surface area contributed by atoms with Gasteiger partial charge in [-0.05, 0) is 13.0 Å². The van der Waals surface area contributed by atoms with Crippen molar-refractivity contribution in [2.24, 2.45) is 0 Å². The van der Waals surface area contributed by atoms with Gasteiger partial charge in [0.2, 0.25) is 5.78 Å². The minimum atomic E-state index is -0.835. The zero-order valence-corrected chi connectivity index (χ0v) is 13.1. The second kappa shape index (κ2) is 6.90. The van der Waals surface area contributed by atoms with Crippen LogP contribution < -0.4 is 5.56 Å². The number of benzene rings is 1. The van der Waals surface area contributed by atoms with Gasteiger partial charge in [-0.25, -0.2) is 4.39 Å². The summed E-state index contributed by atoms with van der Waals surface area (Å²) in [5.74, 6) is 0.0153. The van der Waals surface area contributed by atoms with E-state index in [1.54, 1.807) is 29.7 Å². The molecule has 1 N–H and O–H groups in total. The lowest BCUT2D eigenvalue weighted by molar-refractivity contribution is 0.0195. The predicted molar refractivity (Wildman–Crippen MR) is 84.0 cm³/mol. The molecule has 1 atom stereocenters. The maximum absolute atomic E-state index is 13.5. The summed E-state index contributed by atoms with van der Waals surface area (Å²) in [5.41, 5.74) is 0.819. The van der Waals surface area contributed by atoms with Gasteiger partial charge >= 0.3 is 0 Å². The van der Waals surface area contributed by atoms with Gasteiger partial charge in [0.25, 0.3) is 5.56 Å². The van der Waals surface area contributed by atoms with E-state index in [4.69, 9.17) is 4.74 Å². The maximum Gasteiger partial charge on any atom is 0.275 e. The lowest BCUT2D eigenvalue weighted by Gasteiger charge is -2.16. The Morgan fingerprint density at radius 1 is 1.38 bits per heavy atom. The summed E-state index contributed by atoms with van der Waals surface area (Å²) in [7, 11) is 0. The highest BCUT2D eigenvalue weighted by atomic mass is 19.1. The number of nitrogens with zero attached hydrogens (tertiary/aromatic N) is 4. The molecule has 126 valence electrons. The van der Waals surface area contributed by atoms with Crippen LogP contribution in [-0.4, -0.2) is 37.0 Å². The van der Waals surface area contributed by atoms with Crippen LogP contribution in [0.1, 0.15) is 11.3 Å². The first-order chi connectivity index (χ1) is 11.6. The molecule has 0 unspecified atom stereocenters. The number of ether oxygens (including phenoxy) is 1. The number of fused-ring (bicyclic) bond motifs is 1. The number of hydrogen-bond donors (Lipinski definition) is 1. The molecule has 0 saturated heterocycles. The van der Waals surface area contributed by atoms with Gasteiger partial charge in [-0.1, -0.05) is 18.2 Å². The molecular formula is C16H17FN4O3. The summed E-state index contributed by atoms with van der Waals surface area (Å²) < 4.78 is 21.7. The lowest BCUT2D eigenvalue weighted by atomic mass is 10.2. The van der Waals surface area contributed by atoms with Gasteiger partial charge in [0.1, 0.15) is 12.1 Å².